The van der Waals surface area contributed by atoms with Crippen molar-refractivity contribution in [1.29, 1.82) is 0 Å². The lowest BCUT2D eigenvalue weighted by Crippen LogP contribution is -2.92. The van der Waals surface area contributed by atoms with Gasteiger partial charge in [0.05, 0.1) is 13.2 Å². The van der Waals surface area contributed by atoms with Gasteiger partial charge in [-0.1, -0.05) is 50.2 Å². The molecule has 1 amide bonds. The first kappa shape index (κ1) is 18.0. The van der Waals surface area contributed by atoms with Crippen molar-refractivity contribution in [3.63, 3.8) is 0 Å². The Morgan fingerprint density at radius 3 is 2.42 bits per heavy atom. The Labute approximate surface area is 144 Å². The van der Waals surface area contributed by atoms with Crippen LogP contribution in [0.4, 0.5) is 5.69 Å². The van der Waals surface area contributed by atoms with E-state index < -0.39 is 0 Å². The predicted molar refractivity (Wildman–Crippen MR) is 97.1 cm³/mol. The average Bonchev–Trinajstić information content (AvgIpc) is 2.63. The van der Waals surface area contributed by atoms with Gasteiger partial charge >= 0.3 is 0 Å². The highest BCUT2D eigenvalue weighted by atomic mass is 16.5. The Morgan fingerprint density at radius 2 is 1.79 bits per heavy atom. The van der Waals surface area contributed by atoms with Gasteiger partial charge in [-0.05, 0) is 25.0 Å². The molecule has 0 saturated heterocycles. The van der Waals surface area contributed by atoms with Crippen molar-refractivity contribution in [3.05, 3.63) is 60.2 Å². The third kappa shape index (κ3) is 4.83. The molecular weight excluding hydrogens is 300 g/mol. The number of rotatable bonds is 8. The highest BCUT2D eigenvalue weighted by molar-refractivity contribution is 5.94. The Bertz CT molecular complexity index is 639. The summed E-state index contributed by atoms with van der Waals surface area (Å²) in [6.07, 6.45) is 2.07. The first-order chi connectivity index (χ1) is 11.7. The largest absolute Gasteiger partial charge is 0.497 e. The number of hydrogen-bond acceptors (Lipinski definition) is 2. The van der Waals surface area contributed by atoms with Crippen LogP contribution in [0.25, 0.3) is 0 Å². The quantitative estimate of drug-likeness (QED) is 0.783. The van der Waals surface area contributed by atoms with E-state index >= 15 is 0 Å². The monoisotopic (exact) mass is 327 g/mol. The number of anilines is 1. The van der Waals surface area contributed by atoms with Gasteiger partial charge in [0.25, 0.3) is 5.91 Å². The number of methoxy groups -OCH3 is 1. The molecule has 0 unspecified atom stereocenters. The summed E-state index contributed by atoms with van der Waals surface area (Å²) >= 11 is 0. The topological polar surface area (TPSA) is 54.9 Å². The molecule has 0 aliphatic carbocycles. The molecule has 2 rings (SSSR count). The van der Waals surface area contributed by atoms with E-state index in [2.05, 4.69) is 24.5 Å². The summed E-state index contributed by atoms with van der Waals surface area (Å²) in [7, 11) is 1.62. The molecule has 1 atom stereocenters. The van der Waals surface area contributed by atoms with Crippen LogP contribution in [0.5, 0.6) is 5.75 Å². The minimum Gasteiger partial charge on any atom is -0.497 e. The van der Waals surface area contributed by atoms with Crippen LogP contribution < -0.4 is 15.4 Å². The molecule has 3 N–H and O–H groups in total. The third-order valence-corrected chi connectivity index (χ3v) is 4.29. The summed E-state index contributed by atoms with van der Waals surface area (Å²) in [6.45, 7) is 4.32. The molecule has 2 aromatic carbocycles. The molecule has 4 nitrogen and oxygen atoms in total. The first-order valence-corrected chi connectivity index (χ1v) is 8.52. The normalized spacial score (nSPS) is 12.0. The third-order valence-electron chi connectivity index (χ3n) is 4.29. The lowest BCUT2D eigenvalue weighted by molar-refractivity contribution is -0.715. The highest BCUT2D eigenvalue weighted by Gasteiger charge is 2.26. The van der Waals surface area contributed by atoms with Gasteiger partial charge in [-0.2, -0.15) is 0 Å². The second-order valence-corrected chi connectivity index (χ2v) is 5.88. The SMILES string of the molecule is CCC(CC)[NH2+][C@@H](C(=O)Nc1cccc(OC)c1)c1ccccc1. The number of amides is 1. The number of hydrogen-bond donors (Lipinski definition) is 2. The summed E-state index contributed by atoms with van der Waals surface area (Å²) in [5.41, 5.74) is 1.77. The molecule has 24 heavy (non-hydrogen) atoms. The number of ether oxygens (including phenoxy) is 1. The fraction of sp³-hybridized carbons (Fsp3) is 0.350. The van der Waals surface area contributed by atoms with E-state index in [4.69, 9.17) is 4.74 Å². The minimum atomic E-state index is -0.262. The Balaban J connectivity index is 2.20. The van der Waals surface area contributed by atoms with Crippen molar-refractivity contribution in [2.45, 2.75) is 38.8 Å². The second-order valence-electron chi connectivity index (χ2n) is 5.88. The summed E-state index contributed by atoms with van der Waals surface area (Å²) < 4.78 is 5.22. The molecule has 0 bridgehead atoms. The number of nitrogens with two attached hydrogens (primary N) is 1. The molecule has 0 aliphatic heterocycles. The van der Waals surface area contributed by atoms with Crippen LogP contribution in [-0.4, -0.2) is 19.1 Å². The molecule has 4 heteroatoms. The molecule has 2 aromatic rings. The first-order valence-electron chi connectivity index (χ1n) is 8.52. The maximum absolute atomic E-state index is 12.9. The number of carbonyl (C=O) groups excluding carboxylic acids is 1. The van der Waals surface area contributed by atoms with Gasteiger partial charge in [0.15, 0.2) is 6.04 Å². The van der Waals surface area contributed by atoms with E-state index in [1.807, 2.05) is 54.6 Å². The van der Waals surface area contributed by atoms with Crippen molar-refractivity contribution in [1.82, 2.24) is 0 Å². The molecule has 0 radical (unpaired) electrons. The van der Waals surface area contributed by atoms with Crippen LogP contribution in [0.15, 0.2) is 54.6 Å². The van der Waals surface area contributed by atoms with Crippen LogP contribution >= 0.6 is 0 Å². The van der Waals surface area contributed by atoms with Crippen molar-refractivity contribution < 1.29 is 14.8 Å². The van der Waals surface area contributed by atoms with E-state index in [0.29, 0.717) is 6.04 Å². The van der Waals surface area contributed by atoms with Crippen LogP contribution in [0.2, 0.25) is 0 Å². The van der Waals surface area contributed by atoms with Gasteiger partial charge in [0.1, 0.15) is 5.75 Å². The molecular formula is C20H27N2O2+. The number of quaternary nitrogens is 1. The Kier molecular flexibility index (Phi) is 6.82. The van der Waals surface area contributed by atoms with Gasteiger partial charge in [0.2, 0.25) is 0 Å². The zero-order valence-corrected chi connectivity index (χ0v) is 14.7. The Hall–Kier alpha value is -2.33. The smallest absolute Gasteiger partial charge is 0.287 e. The maximum atomic E-state index is 12.9. The Morgan fingerprint density at radius 1 is 1.08 bits per heavy atom. The van der Waals surface area contributed by atoms with E-state index in [1.54, 1.807) is 7.11 Å². The molecule has 0 saturated carbocycles. The fourth-order valence-corrected chi connectivity index (χ4v) is 2.76. The van der Waals surface area contributed by atoms with E-state index in [0.717, 1.165) is 29.8 Å². The molecule has 0 aromatic heterocycles. The van der Waals surface area contributed by atoms with Crippen LogP contribution in [0.3, 0.4) is 0 Å². The molecule has 128 valence electrons. The van der Waals surface area contributed by atoms with E-state index in [9.17, 15) is 4.79 Å². The standard InChI is InChI=1S/C20H26N2O2/c1-4-16(5-2)21-19(15-10-7-6-8-11-15)20(23)22-17-12-9-13-18(14-17)24-3/h6-14,16,19,21H,4-5H2,1-3H3,(H,22,23)/p+1/t19-/m1/s1. The van der Waals surface area contributed by atoms with Gasteiger partial charge in [-0.25, -0.2) is 0 Å². The molecule has 0 aliphatic rings. The van der Waals surface area contributed by atoms with Crippen molar-refractivity contribution in [2.24, 2.45) is 0 Å². The molecule has 0 heterocycles. The van der Waals surface area contributed by atoms with Crippen LogP contribution in [-0.2, 0) is 4.79 Å². The zero-order chi connectivity index (χ0) is 17.4. The number of carbonyl (C=O) groups is 1. The van der Waals surface area contributed by atoms with Gasteiger partial charge in [-0.3, -0.25) is 4.79 Å². The predicted octanol–water partition coefficient (Wildman–Crippen LogP) is 3.13. The lowest BCUT2D eigenvalue weighted by atomic mass is 10.0. The second kappa shape index (κ2) is 9.08. The van der Waals surface area contributed by atoms with Crippen molar-refractivity contribution >= 4 is 11.6 Å². The minimum absolute atomic E-state index is 0.0126. The maximum Gasteiger partial charge on any atom is 0.287 e. The van der Waals surface area contributed by atoms with Gasteiger partial charge in [0, 0.05) is 17.3 Å². The van der Waals surface area contributed by atoms with Gasteiger partial charge in [-0.15, -0.1) is 0 Å². The number of nitrogens with one attached hydrogen (secondary N) is 1. The van der Waals surface area contributed by atoms with E-state index in [1.165, 1.54) is 0 Å². The molecule has 0 fully saturated rings. The number of benzene rings is 2. The van der Waals surface area contributed by atoms with Crippen molar-refractivity contribution in [3.8, 4) is 5.75 Å². The zero-order valence-electron chi connectivity index (χ0n) is 14.7. The van der Waals surface area contributed by atoms with Crippen LogP contribution in [0.1, 0.15) is 38.3 Å². The lowest BCUT2D eigenvalue weighted by Gasteiger charge is -2.21. The van der Waals surface area contributed by atoms with Crippen LogP contribution in [0, 0.1) is 0 Å². The summed E-state index contributed by atoms with van der Waals surface area (Å²) in [4.78, 5) is 12.9. The molecule has 0 spiro atoms. The summed E-state index contributed by atoms with van der Waals surface area (Å²) in [5, 5.41) is 5.19. The van der Waals surface area contributed by atoms with Gasteiger partial charge < -0.3 is 15.4 Å². The summed E-state index contributed by atoms with van der Waals surface area (Å²) in [6, 6.07) is 17.5. The highest BCUT2D eigenvalue weighted by Crippen LogP contribution is 2.18. The van der Waals surface area contributed by atoms with Crippen molar-refractivity contribution in [2.75, 3.05) is 12.4 Å². The average molecular weight is 327 g/mol. The van der Waals surface area contributed by atoms with E-state index in [-0.39, 0.29) is 11.9 Å². The fourth-order valence-electron chi connectivity index (χ4n) is 2.76. The summed E-state index contributed by atoms with van der Waals surface area (Å²) in [5.74, 6) is 0.717.